The van der Waals surface area contributed by atoms with Gasteiger partial charge in [-0.3, -0.25) is 9.89 Å². The molecule has 0 fully saturated rings. The zero-order chi connectivity index (χ0) is 17.5. The standard InChI is InChI=1S/C20H28N4S.HI/c1-16-9-13-25-19(16)14-23-20(21-2)22-10-5-11-24-12-8-17-6-3-4-7-18(17)15-24;/h3-4,6-7,9,13H,5,8,10-12,14-15H2,1-2H3,(H2,21,22,23);1H. The molecule has 0 unspecified atom stereocenters. The lowest BCUT2D eigenvalue weighted by Gasteiger charge is -2.28. The van der Waals surface area contributed by atoms with Crippen molar-refractivity contribution in [2.24, 2.45) is 4.99 Å². The highest BCUT2D eigenvalue weighted by Gasteiger charge is 2.14. The fourth-order valence-electron chi connectivity index (χ4n) is 3.22. The summed E-state index contributed by atoms with van der Waals surface area (Å²) in [4.78, 5) is 8.24. The van der Waals surface area contributed by atoms with Gasteiger partial charge in [-0.15, -0.1) is 35.3 Å². The summed E-state index contributed by atoms with van der Waals surface area (Å²) >= 11 is 1.79. The number of hydrogen-bond donors (Lipinski definition) is 2. The SMILES string of the molecule is CN=C(NCCCN1CCc2ccccc2C1)NCc1sccc1C.I. The Balaban J connectivity index is 0.00000243. The van der Waals surface area contributed by atoms with E-state index in [9.17, 15) is 0 Å². The number of hydrogen-bond acceptors (Lipinski definition) is 3. The number of aliphatic imine (C=N–C) groups is 1. The highest BCUT2D eigenvalue weighted by molar-refractivity contribution is 14.0. The van der Waals surface area contributed by atoms with Crippen LogP contribution in [0.5, 0.6) is 0 Å². The molecule has 1 aliphatic heterocycles. The topological polar surface area (TPSA) is 39.7 Å². The molecule has 4 nitrogen and oxygen atoms in total. The molecule has 0 bridgehead atoms. The van der Waals surface area contributed by atoms with Crippen molar-refractivity contribution in [1.29, 1.82) is 0 Å². The second-order valence-corrected chi connectivity index (χ2v) is 7.53. The van der Waals surface area contributed by atoms with Crippen LogP contribution in [-0.2, 0) is 19.5 Å². The number of nitrogens with one attached hydrogen (secondary N) is 2. The van der Waals surface area contributed by atoms with Gasteiger partial charge in [-0.2, -0.15) is 0 Å². The molecule has 142 valence electrons. The first kappa shape index (κ1) is 21.2. The number of nitrogens with zero attached hydrogens (tertiary/aromatic N) is 2. The third-order valence-electron chi connectivity index (χ3n) is 4.76. The summed E-state index contributed by atoms with van der Waals surface area (Å²) < 4.78 is 0. The Morgan fingerprint density at radius 1 is 1.19 bits per heavy atom. The van der Waals surface area contributed by atoms with Crippen molar-refractivity contribution in [2.45, 2.75) is 32.9 Å². The Bertz CT molecular complexity index is 713. The molecule has 2 aromatic rings. The summed E-state index contributed by atoms with van der Waals surface area (Å²) in [7, 11) is 1.83. The zero-order valence-corrected chi connectivity index (χ0v) is 18.8. The Kier molecular flexibility index (Phi) is 8.87. The lowest BCUT2D eigenvalue weighted by Crippen LogP contribution is -2.39. The maximum absolute atomic E-state index is 4.32. The average Bonchev–Trinajstić information content (AvgIpc) is 3.06. The van der Waals surface area contributed by atoms with E-state index in [4.69, 9.17) is 0 Å². The summed E-state index contributed by atoms with van der Waals surface area (Å²) in [6, 6.07) is 11.0. The van der Waals surface area contributed by atoms with E-state index in [1.807, 2.05) is 7.05 Å². The minimum atomic E-state index is 0. The predicted octanol–water partition coefficient (Wildman–Crippen LogP) is 3.79. The highest BCUT2D eigenvalue weighted by atomic mass is 127. The molecular weight excluding hydrogens is 455 g/mol. The maximum atomic E-state index is 4.32. The smallest absolute Gasteiger partial charge is 0.191 e. The van der Waals surface area contributed by atoms with Gasteiger partial charge in [-0.05, 0) is 47.9 Å². The van der Waals surface area contributed by atoms with Crippen LogP contribution in [0.2, 0.25) is 0 Å². The second-order valence-electron chi connectivity index (χ2n) is 6.53. The first-order chi connectivity index (χ1) is 12.3. The van der Waals surface area contributed by atoms with E-state index < -0.39 is 0 Å². The third kappa shape index (κ3) is 5.96. The Morgan fingerprint density at radius 2 is 2.00 bits per heavy atom. The van der Waals surface area contributed by atoms with Crippen LogP contribution in [0, 0.1) is 6.92 Å². The molecular formula is C20H29IN4S. The molecule has 0 radical (unpaired) electrons. The number of fused-ring (bicyclic) bond motifs is 1. The fraction of sp³-hybridized carbons (Fsp3) is 0.450. The first-order valence-corrected chi connectivity index (χ1v) is 9.91. The van der Waals surface area contributed by atoms with Gasteiger partial charge in [0.05, 0.1) is 6.54 Å². The summed E-state index contributed by atoms with van der Waals surface area (Å²) in [5.41, 5.74) is 4.36. The van der Waals surface area contributed by atoms with E-state index in [2.05, 4.69) is 63.2 Å². The quantitative estimate of drug-likeness (QED) is 0.284. The molecule has 3 rings (SSSR count). The van der Waals surface area contributed by atoms with Crippen LogP contribution in [0.4, 0.5) is 0 Å². The van der Waals surface area contributed by atoms with Crippen LogP contribution in [0.15, 0.2) is 40.7 Å². The lowest BCUT2D eigenvalue weighted by atomic mass is 10.00. The van der Waals surface area contributed by atoms with Crippen LogP contribution in [0.25, 0.3) is 0 Å². The third-order valence-corrected chi connectivity index (χ3v) is 5.78. The minimum Gasteiger partial charge on any atom is -0.356 e. The number of rotatable bonds is 6. The number of aryl methyl sites for hydroxylation is 1. The van der Waals surface area contributed by atoms with Crippen LogP contribution in [0.1, 0.15) is 28.0 Å². The zero-order valence-electron chi connectivity index (χ0n) is 15.6. The minimum absolute atomic E-state index is 0. The maximum Gasteiger partial charge on any atom is 0.191 e. The van der Waals surface area contributed by atoms with Gasteiger partial charge in [0.1, 0.15) is 0 Å². The summed E-state index contributed by atoms with van der Waals surface area (Å²) in [6.07, 6.45) is 2.30. The lowest BCUT2D eigenvalue weighted by molar-refractivity contribution is 0.251. The van der Waals surface area contributed by atoms with Gasteiger partial charge in [0.25, 0.3) is 0 Å². The molecule has 0 atom stereocenters. The Morgan fingerprint density at radius 3 is 2.73 bits per heavy atom. The average molecular weight is 484 g/mol. The number of halogens is 1. The van der Waals surface area contributed by atoms with Gasteiger partial charge in [-0.1, -0.05) is 24.3 Å². The fourth-order valence-corrected chi connectivity index (χ4v) is 4.07. The van der Waals surface area contributed by atoms with Crippen molar-refractivity contribution in [2.75, 3.05) is 26.7 Å². The van der Waals surface area contributed by atoms with Gasteiger partial charge in [0, 0.05) is 38.1 Å². The largest absolute Gasteiger partial charge is 0.356 e. The normalized spacial score (nSPS) is 14.5. The van der Waals surface area contributed by atoms with E-state index in [0.717, 1.165) is 38.6 Å². The van der Waals surface area contributed by atoms with Gasteiger partial charge in [0.15, 0.2) is 5.96 Å². The van der Waals surface area contributed by atoms with Crippen molar-refractivity contribution in [3.63, 3.8) is 0 Å². The van der Waals surface area contributed by atoms with E-state index in [-0.39, 0.29) is 24.0 Å². The van der Waals surface area contributed by atoms with Gasteiger partial charge >= 0.3 is 0 Å². The summed E-state index contributed by atoms with van der Waals surface area (Å²) in [5.74, 6) is 0.886. The molecule has 1 aliphatic rings. The monoisotopic (exact) mass is 484 g/mol. The highest BCUT2D eigenvalue weighted by Crippen LogP contribution is 2.18. The molecule has 2 heterocycles. The number of thiophene rings is 1. The molecule has 1 aromatic carbocycles. The van der Waals surface area contributed by atoms with Crippen molar-refractivity contribution in [1.82, 2.24) is 15.5 Å². The summed E-state index contributed by atoms with van der Waals surface area (Å²) in [6.45, 7) is 7.32. The van der Waals surface area contributed by atoms with Crippen LogP contribution in [0.3, 0.4) is 0 Å². The molecule has 0 aliphatic carbocycles. The summed E-state index contributed by atoms with van der Waals surface area (Å²) in [5, 5.41) is 8.96. The van der Waals surface area contributed by atoms with Crippen molar-refractivity contribution < 1.29 is 0 Å². The molecule has 26 heavy (non-hydrogen) atoms. The molecule has 0 saturated heterocycles. The van der Waals surface area contributed by atoms with Gasteiger partial charge in [0.2, 0.25) is 0 Å². The Labute approximate surface area is 178 Å². The van der Waals surface area contributed by atoms with E-state index in [1.54, 1.807) is 11.3 Å². The number of guanidine groups is 1. The molecule has 0 spiro atoms. The first-order valence-electron chi connectivity index (χ1n) is 9.03. The van der Waals surface area contributed by atoms with Crippen molar-refractivity contribution in [3.05, 3.63) is 57.3 Å². The van der Waals surface area contributed by atoms with Crippen LogP contribution in [-0.4, -0.2) is 37.5 Å². The predicted molar refractivity (Wildman–Crippen MR) is 123 cm³/mol. The number of benzene rings is 1. The van der Waals surface area contributed by atoms with Crippen molar-refractivity contribution in [3.8, 4) is 0 Å². The van der Waals surface area contributed by atoms with Crippen molar-refractivity contribution >= 4 is 41.3 Å². The molecule has 0 amide bonds. The van der Waals surface area contributed by atoms with E-state index in [1.165, 1.54) is 34.5 Å². The molecule has 2 N–H and O–H groups in total. The van der Waals surface area contributed by atoms with E-state index in [0.29, 0.717) is 0 Å². The Hall–Kier alpha value is -1.12. The van der Waals surface area contributed by atoms with Gasteiger partial charge in [-0.25, -0.2) is 0 Å². The van der Waals surface area contributed by atoms with Crippen LogP contribution < -0.4 is 10.6 Å². The van der Waals surface area contributed by atoms with Crippen LogP contribution >= 0.6 is 35.3 Å². The molecule has 0 saturated carbocycles. The van der Waals surface area contributed by atoms with E-state index >= 15 is 0 Å². The van der Waals surface area contributed by atoms with Gasteiger partial charge < -0.3 is 10.6 Å². The second kappa shape index (κ2) is 10.9. The molecule has 1 aromatic heterocycles. The molecule has 6 heteroatoms.